The number of aryl methyl sites for hydroxylation is 1. The minimum Gasteiger partial charge on any atom is -0.383 e. The van der Waals surface area contributed by atoms with Crippen molar-refractivity contribution >= 4 is 22.6 Å². The zero-order valence-electron chi connectivity index (χ0n) is 18.6. The highest BCUT2D eigenvalue weighted by atomic mass is 16.2. The van der Waals surface area contributed by atoms with Gasteiger partial charge in [-0.2, -0.15) is 0 Å². The molecule has 0 radical (unpaired) electrons. The smallest absolute Gasteiger partial charge is 0.253 e. The van der Waals surface area contributed by atoms with Crippen LogP contribution in [0.3, 0.4) is 0 Å². The van der Waals surface area contributed by atoms with Gasteiger partial charge in [-0.15, -0.1) is 0 Å². The fourth-order valence-corrected chi connectivity index (χ4v) is 4.44. The number of nitrogens with two attached hydrogens (primary N) is 1. The maximum Gasteiger partial charge on any atom is 0.253 e. The number of carbonyl (C=O) groups is 1. The predicted octanol–water partition coefficient (Wildman–Crippen LogP) is 4.77. The zero-order valence-corrected chi connectivity index (χ0v) is 18.6. The first-order valence-corrected chi connectivity index (χ1v) is 11.3. The Balaban J connectivity index is 1.48. The molecule has 4 aromatic rings. The Kier molecular flexibility index (Phi) is 5.42. The number of carbonyl (C=O) groups excluding carboxylic acids is 1. The second kappa shape index (κ2) is 8.54. The molecule has 0 saturated carbocycles. The molecule has 0 unspecified atom stereocenters. The first-order valence-electron chi connectivity index (χ1n) is 11.3. The third kappa shape index (κ3) is 4.12. The number of nitrogens with zero attached hydrogens (tertiary/aromatic N) is 2. The van der Waals surface area contributed by atoms with E-state index in [1.807, 2.05) is 59.5 Å². The van der Waals surface area contributed by atoms with Gasteiger partial charge in [0.2, 0.25) is 0 Å². The normalized spacial score (nSPS) is 13.9. The molecule has 2 aromatic carbocycles. The van der Waals surface area contributed by atoms with Gasteiger partial charge in [0, 0.05) is 41.4 Å². The summed E-state index contributed by atoms with van der Waals surface area (Å²) < 4.78 is 0. The van der Waals surface area contributed by atoms with Gasteiger partial charge in [0.1, 0.15) is 5.82 Å². The Bertz CT molecular complexity index is 1400. The molecule has 6 nitrogen and oxygen atoms in total. The van der Waals surface area contributed by atoms with Crippen molar-refractivity contribution in [3.05, 3.63) is 82.3 Å². The van der Waals surface area contributed by atoms with Crippen LogP contribution in [0.15, 0.2) is 65.6 Å². The SMILES string of the molecule is Cc1cc(-c2ccc3nc(N)c(-c4ccc(C(=O)N5CCCCC5)cc4)cc3c2)c[nH]c1=O. The van der Waals surface area contributed by atoms with Gasteiger partial charge in [-0.25, -0.2) is 4.98 Å². The number of pyridine rings is 2. The Hall–Kier alpha value is -3.93. The third-order valence-electron chi connectivity index (χ3n) is 6.35. The number of benzene rings is 2. The van der Waals surface area contributed by atoms with Crippen LogP contribution in [0.2, 0.25) is 0 Å². The lowest BCUT2D eigenvalue weighted by Crippen LogP contribution is -2.35. The minimum absolute atomic E-state index is 0.0847. The summed E-state index contributed by atoms with van der Waals surface area (Å²) in [7, 11) is 0. The second-order valence-corrected chi connectivity index (χ2v) is 8.66. The number of piperidine rings is 1. The van der Waals surface area contributed by atoms with Gasteiger partial charge < -0.3 is 15.6 Å². The highest BCUT2D eigenvalue weighted by Crippen LogP contribution is 2.31. The molecule has 3 heterocycles. The molecule has 1 aliphatic rings. The van der Waals surface area contributed by atoms with Gasteiger partial charge in [0.15, 0.2) is 0 Å². The van der Waals surface area contributed by atoms with E-state index >= 15 is 0 Å². The number of fused-ring (bicyclic) bond motifs is 1. The maximum absolute atomic E-state index is 12.8. The average Bonchev–Trinajstić information content (AvgIpc) is 2.85. The summed E-state index contributed by atoms with van der Waals surface area (Å²) in [6.07, 6.45) is 5.06. The highest BCUT2D eigenvalue weighted by Gasteiger charge is 2.18. The van der Waals surface area contributed by atoms with E-state index in [1.54, 1.807) is 13.1 Å². The number of nitrogen functional groups attached to an aromatic ring is 1. The van der Waals surface area contributed by atoms with Crippen LogP contribution in [0.4, 0.5) is 5.82 Å². The van der Waals surface area contributed by atoms with Crippen LogP contribution in [0.5, 0.6) is 0 Å². The maximum atomic E-state index is 12.8. The predicted molar refractivity (Wildman–Crippen MR) is 132 cm³/mol. The zero-order chi connectivity index (χ0) is 22.9. The van der Waals surface area contributed by atoms with Crippen molar-refractivity contribution in [3.8, 4) is 22.3 Å². The number of aromatic nitrogens is 2. The number of amides is 1. The molecule has 0 bridgehead atoms. The van der Waals surface area contributed by atoms with Crippen LogP contribution >= 0.6 is 0 Å². The molecule has 1 aliphatic heterocycles. The number of aromatic amines is 1. The van der Waals surface area contributed by atoms with Gasteiger partial charge in [-0.1, -0.05) is 18.2 Å². The Morgan fingerprint density at radius 1 is 0.939 bits per heavy atom. The number of likely N-dealkylation sites (tertiary alicyclic amines) is 1. The molecule has 1 saturated heterocycles. The molecule has 0 atom stereocenters. The third-order valence-corrected chi connectivity index (χ3v) is 6.35. The highest BCUT2D eigenvalue weighted by molar-refractivity contribution is 5.96. The number of nitrogens with one attached hydrogen (secondary N) is 1. The lowest BCUT2D eigenvalue weighted by Gasteiger charge is -2.26. The number of hydrogen-bond acceptors (Lipinski definition) is 4. The monoisotopic (exact) mass is 438 g/mol. The summed E-state index contributed by atoms with van der Waals surface area (Å²) in [5, 5.41) is 0.953. The summed E-state index contributed by atoms with van der Waals surface area (Å²) in [5.41, 5.74) is 12.1. The molecule has 1 amide bonds. The minimum atomic E-state index is -0.0847. The molecular formula is C27H26N4O2. The molecule has 0 spiro atoms. The van der Waals surface area contributed by atoms with E-state index < -0.39 is 0 Å². The van der Waals surface area contributed by atoms with Gasteiger partial charge in [-0.05, 0) is 79.3 Å². The Labute approximate surface area is 192 Å². The van der Waals surface area contributed by atoms with Crippen molar-refractivity contribution in [2.24, 2.45) is 0 Å². The first kappa shape index (κ1) is 20.9. The van der Waals surface area contributed by atoms with Crippen molar-refractivity contribution in [1.82, 2.24) is 14.9 Å². The van der Waals surface area contributed by atoms with E-state index in [9.17, 15) is 9.59 Å². The topological polar surface area (TPSA) is 92.1 Å². The molecule has 0 aliphatic carbocycles. The van der Waals surface area contributed by atoms with Gasteiger partial charge in [-0.3, -0.25) is 9.59 Å². The molecule has 5 rings (SSSR count). The van der Waals surface area contributed by atoms with E-state index in [0.29, 0.717) is 16.9 Å². The van der Waals surface area contributed by atoms with Crippen molar-refractivity contribution < 1.29 is 4.79 Å². The van der Waals surface area contributed by atoms with Crippen LogP contribution in [-0.4, -0.2) is 33.9 Å². The summed E-state index contributed by atoms with van der Waals surface area (Å²) in [5.74, 6) is 0.539. The van der Waals surface area contributed by atoms with Crippen LogP contribution in [-0.2, 0) is 0 Å². The molecule has 6 heteroatoms. The number of anilines is 1. The summed E-state index contributed by atoms with van der Waals surface area (Å²) >= 11 is 0. The van der Waals surface area contributed by atoms with Gasteiger partial charge in [0.25, 0.3) is 11.5 Å². The standard InChI is InChI=1S/C27H26N4O2/c1-17-13-22(16-29-26(17)32)20-9-10-24-21(14-20)15-23(25(28)30-24)18-5-7-19(8-6-18)27(33)31-11-3-2-4-12-31/h5-10,13-16H,2-4,11-12H2,1H3,(H2,28,30)(H,29,32). The number of rotatable bonds is 3. The van der Waals surface area contributed by atoms with Crippen LogP contribution in [0, 0.1) is 6.92 Å². The molecular weight excluding hydrogens is 412 g/mol. The van der Waals surface area contributed by atoms with E-state index in [-0.39, 0.29) is 11.5 Å². The lowest BCUT2D eigenvalue weighted by atomic mass is 9.99. The van der Waals surface area contributed by atoms with E-state index in [2.05, 4.69) is 9.97 Å². The summed E-state index contributed by atoms with van der Waals surface area (Å²) in [4.78, 5) is 33.8. The van der Waals surface area contributed by atoms with Crippen LogP contribution in [0.1, 0.15) is 35.2 Å². The van der Waals surface area contributed by atoms with E-state index in [4.69, 9.17) is 5.73 Å². The van der Waals surface area contributed by atoms with Gasteiger partial charge in [0.05, 0.1) is 5.52 Å². The van der Waals surface area contributed by atoms with Gasteiger partial charge >= 0.3 is 0 Å². The second-order valence-electron chi connectivity index (χ2n) is 8.66. The molecule has 3 N–H and O–H groups in total. The quantitative estimate of drug-likeness (QED) is 0.482. The largest absolute Gasteiger partial charge is 0.383 e. The van der Waals surface area contributed by atoms with Crippen LogP contribution in [0.25, 0.3) is 33.2 Å². The fourth-order valence-electron chi connectivity index (χ4n) is 4.44. The van der Waals surface area contributed by atoms with Crippen molar-refractivity contribution in [2.45, 2.75) is 26.2 Å². The van der Waals surface area contributed by atoms with Crippen molar-refractivity contribution in [1.29, 1.82) is 0 Å². The number of hydrogen-bond donors (Lipinski definition) is 2. The van der Waals surface area contributed by atoms with E-state index in [1.165, 1.54) is 6.42 Å². The fraction of sp³-hybridized carbons (Fsp3) is 0.222. The Morgan fingerprint density at radius 3 is 2.39 bits per heavy atom. The van der Waals surface area contributed by atoms with Crippen molar-refractivity contribution in [3.63, 3.8) is 0 Å². The average molecular weight is 439 g/mol. The summed E-state index contributed by atoms with van der Waals surface area (Å²) in [6.45, 7) is 3.46. The molecule has 166 valence electrons. The summed E-state index contributed by atoms with van der Waals surface area (Å²) in [6, 6.07) is 17.5. The Morgan fingerprint density at radius 2 is 1.67 bits per heavy atom. The number of H-pyrrole nitrogens is 1. The molecule has 1 fully saturated rings. The van der Waals surface area contributed by atoms with Crippen LogP contribution < -0.4 is 11.3 Å². The first-order chi connectivity index (χ1) is 16.0. The lowest BCUT2D eigenvalue weighted by molar-refractivity contribution is 0.0724. The van der Waals surface area contributed by atoms with E-state index in [0.717, 1.165) is 59.1 Å². The molecule has 33 heavy (non-hydrogen) atoms. The molecule has 2 aromatic heterocycles. The van der Waals surface area contributed by atoms with Crippen molar-refractivity contribution in [2.75, 3.05) is 18.8 Å².